The average Bonchev–Trinajstić information content (AvgIpc) is 2.81. The van der Waals surface area contributed by atoms with Crippen LogP contribution in [-0.2, 0) is 9.84 Å². The lowest BCUT2D eigenvalue weighted by molar-refractivity contribution is 0.218. The molecule has 2 heterocycles. The largest absolute Gasteiger partial charge is 0.486 e. The predicted octanol–water partition coefficient (Wildman–Crippen LogP) is 1.13. The van der Waals surface area contributed by atoms with Gasteiger partial charge in [0.15, 0.2) is 21.4 Å². The zero-order valence-electron chi connectivity index (χ0n) is 11.5. The fourth-order valence-electron chi connectivity index (χ4n) is 2.50. The zero-order valence-corrected chi connectivity index (χ0v) is 12.3. The highest BCUT2D eigenvalue weighted by molar-refractivity contribution is 7.91. The van der Waals surface area contributed by atoms with Gasteiger partial charge < -0.3 is 10.1 Å². The van der Waals surface area contributed by atoms with Crippen LogP contribution in [0.5, 0.6) is 5.75 Å². The van der Waals surface area contributed by atoms with E-state index in [-0.39, 0.29) is 17.3 Å². The molecule has 1 saturated heterocycles. The van der Waals surface area contributed by atoms with Gasteiger partial charge in [0.05, 0.1) is 11.5 Å². The first-order valence-corrected chi connectivity index (χ1v) is 8.81. The van der Waals surface area contributed by atoms with E-state index in [9.17, 15) is 12.8 Å². The summed E-state index contributed by atoms with van der Waals surface area (Å²) in [5.74, 6) is 0.361. The fourth-order valence-corrected chi connectivity index (χ4v) is 4.09. The molecule has 114 valence electrons. The van der Waals surface area contributed by atoms with Crippen LogP contribution in [0.25, 0.3) is 0 Å². The average molecular weight is 312 g/mol. The van der Waals surface area contributed by atoms with E-state index >= 15 is 0 Å². The number of halogens is 1. The van der Waals surface area contributed by atoms with Crippen LogP contribution >= 0.6 is 0 Å². The fraction of sp³-hybridized carbons (Fsp3) is 0.500. The molecule has 1 atom stereocenters. The molecule has 0 amide bonds. The van der Waals surface area contributed by atoms with Crippen LogP contribution in [0, 0.1) is 5.82 Å². The number of aliphatic imine (C=N–C) groups is 1. The standard InChI is InChI=1S/C14H17FN2O3S/c15-12-8-10(14-16-5-1-6-17-14)2-3-13(12)20-11-4-7-21(18,19)9-11/h2-3,8,11H,1,4-7,9H2,(H,16,17). The smallest absolute Gasteiger partial charge is 0.165 e. The summed E-state index contributed by atoms with van der Waals surface area (Å²) in [5, 5.41) is 3.13. The van der Waals surface area contributed by atoms with Crippen molar-refractivity contribution >= 4 is 15.7 Å². The Balaban J connectivity index is 1.74. The summed E-state index contributed by atoms with van der Waals surface area (Å²) in [7, 11) is -3.03. The lowest BCUT2D eigenvalue weighted by Crippen LogP contribution is -2.30. The topological polar surface area (TPSA) is 67.8 Å². The van der Waals surface area contributed by atoms with Crippen molar-refractivity contribution in [1.82, 2.24) is 5.32 Å². The van der Waals surface area contributed by atoms with Gasteiger partial charge in [0, 0.05) is 18.7 Å². The van der Waals surface area contributed by atoms with Gasteiger partial charge in [0.1, 0.15) is 11.9 Å². The minimum Gasteiger partial charge on any atom is -0.486 e. The molecular weight excluding hydrogens is 295 g/mol. The highest BCUT2D eigenvalue weighted by Crippen LogP contribution is 2.24. The van der Waals surface area contributed by atoms with Crippen LogP contribution in [0.4, 0.5) is 4.39 Å². The number of nitrogens with one attached hydrogen (secondary N) is 1. The maximum absolute atomic E-state index is 14.1. The second kappa shape index (κ2) is 5.63. The Kier molecular flexibility index (Phi) is 3.84. The molecule has 0 radical (unpaired) electrons. The molecule has 1 aromatic rings. The lowest BCUT2D eigenvalue weighted by atomic mass is 10.1. The molecule has 7 heteroatoms. The molecule has 0 bridgehead atoms. The first-order valence-electron chi connectivity index (χ1n) is 6.99. The molecule has 2 aliphatic heterocycles. The monoisotopic (exact) mass is 312 g/mol. The molecule has 0 aromatic heterocycles. The molecule has 2 aliphatic rings. The van der Waals surface area contributed by atoms with Gasteiger partial charge in [-0.15, -0.1) is 0 Å². The number of rotatable bonds is 3. The van der Waals surface area contributed by atoms with Crippen LogP contribution in [-0.4, -0.2) is 45.0 Å². The third-order valence-electron chi connectivity index (χ3n) is 3.59. The Morgan fingerprint density at radius 3 is 2.86 bits per heavy atom. The Labute approximate surface area is 123 Å². The minimum absolute atomic E-state index is 0.0392. The quantitative estimate of drug-likeness (QED) is 0.908. The molecule has 5 nitrogen and oxygen atoms in total. The number of benzene rings is 1. The summed E-state index contributed by atoms with van der Waals surface area (Å²) < 4.78 is 42.3. The summed E-state index contributed by atoms with van der Waals surface area (Å²) in [6, 6.07) is 4.64. The Morgan fingerprint density at radius 2 is 2.24 bits per heavy atom. The lowest BCUT2D eigenvalue weighted by Gasteiger charge is -2.16. The van der Waals surface area contributed by atoms with E-state index in [4.69, 9.17) is 4.74 Å². The maximum atomic E-state index is 14.1. The summed E-state index contributed by atoms with van der Waals surface area (Å²) in [4.78, 5) is 4.31. The predicted molar refractivity (Wildman–Crippen MR) is 78.1 cm³/mol. The molecular formula is C14H17FN2O3S. The Hall–Kier alpha value is -1.63. The van der Waals surface area contributed by atoms with Gasteiger partial charge in [-0.3, -0.25) is 4.99 Å². The van der Waals surface area contributed by atoms with Crippen LogP contribution in [0.3, 0.4) is 0 Å². The van der Waals surface area contributed by atoms with Crippen molar-refractivity contribution in [2.24, 2.45) is 4.99 Å². The normalized spacial score (nSPS) is 24.2. The van der Waals surface area contributed by atoms with Crippen molar-refractivity contribution in [3.05, 3.63) is 29.6 Å². The first kappa shape index (κ1) is 14.3. The highest BCUT2D eigenvalue weighted by Gasteiger charge is 2.30. The van der Waals surface area contributed by atoms with E-state index in [1.807, 2.05) is 0 Å². The first-order chi connectivity index (χ1) is 10.0. The van der Waals surface area contributed by atoms with E-state index < -0.39 is 21.8 Å². The van der Waals surface area contributed by atoms with Gasteiger partial charge in [0.2, 0.25) is 0 Å². The molecule has 1 unspecified atom stereocenters. The van der Waals surface area contributed by atoms with Crippen LogP contribution in [0.1, 0.15) is 18.4 Å². The second-order valence-corrected chi connectivity index (χ2v) is 7.53. The Bertz CT molecular complexity index is 673. The van der Waals surface area contributed by atoms with E-state index in [2.05, 4.69) is 10.3 Å². The maximum Gasteiger partial charge on any atom is 0.165 e. The van der Waals surface area contributed by atoms with E-state index in [0.29, 0.717) is 17.8 Å². The molecule has 1 fully saturated rings. The van der Waals surface area contributed by atoms with E-state index in [1.54, 1.807) is 6.07 Å². The van der Waals surface area contributed by atoms with Crippen molar-refractivity contribution in [2.45, 2.75) is 18.9 Å². The van der Waals surface area contributed by atoms with Gasteiger partial charge in [-0.2, -0.15) is 0 Å². The van der Waals surface area contributed by atoms with E-state index in [1.165, 1.54) is 12.1 Å². The third kappa shape index (κ3) is 3.34. The van der Waals surface area contributed by atoms with Gasteiger partial charge in [-0.05, 0) is 31.0 Å². The number of sulfone groups is 1. The van der Waals surface area contributed by atoms with Crippen molar-refractivity contribution in [2.75, 3.05) is 24.6 Å². The van der Waals surface area contributed by atoms with Crippen molar-refractivity contribution < 1.29 is 17.5 Å². The zero-order chi connectivity index (χ0) is 14.9. The summed E-state index contributed by atoms with van der Waals surface area (Å²) >= 11 is 0. The molecule has 21 heavy (non-hydrogen) atoms. The van der Waals surface area contributed by atoms with Gasteiger partial charge in [-0.25, -0.2) is 12.8 Å². The number of nitrogens with zero attached hydrogens (tertiary/aromatic N) is 1. The summed E-state index contributed by atoms with van der Waals surface area (Å²) in [6.45, 7) is 1.57. The molecule has 3 rings (SSSR count). The van der Waals surface area contributed by atoms with Crippen LogP contribution in [0.15, 0.2) is 23.2 Å². The Morgan fingerprint density at radius 1 is 1.38 bits per heavy atom. The molecule has 1 aromatic carbocycles. The van der Waals surface area contributed by atoms with Crippen molar-refractivity contribution in [3.63, 3.8) is 0 Å². The van der Waals surface area contributed by atoms with Gasteiger partial charge >= 0.3 is 0 Å². The molecule has 1 N–H and O–H groups in total. The van der Waals surface area contributed by atoms with Gasteiger partial charge in [0.25, 0.3) is 0 Å². The second-order valence-electron chi connectivity index (χ2n) is 5.30. The SMILES string of the molecule is O=S1(=O)CCC(Oc2ccc(C3=NCCCN3)cc2F)C1. The van der Waals surface area contributed by atoms with Crippen molar-refractivity contribution in [1.29, 1.82) is 0 Å². The molecule has 0 spiro atoms. The number of ether oxygens (including phenoxy) is 1. The molecule has 0 aliphatic carbocycles. The van der Waals surface area contributed by atoms with Crippen molar-refractivity contribution in [3.8, 4) is 5.75 Å². The highest BCUT2D eigenvalue weighted by atomic mass is 32.2. The third-order valence-corrected chi connectivity index (χ3v) is 5.32. The van der Waals surface area contributed by atoms with Crippen LogP contribution < -0.4 is 10.1 Å². The number of hydrogen-bond acceptors (Lipinski definition) is 5. The summed E-state index contributed by atoms with van der Waals surface area (Å²) in [5.41, 5.74) is 0.679. The number of hydrogen-bond donors (Lipinski definition) is 1. The minimum atomic E-state index is -3.03. The van der Waals surface area contributed by atoms with E-state index in [0.717, 1.165) is 19.5 Å². The van der Waals surface area contributed by atoms with Gasteiger partial charge in [-0.1, -0.05) is 0 Å². The molecule has 0 saturated carbocycles. The number of amidine groups is 1. The van der Waals surface area contributed by atoms with Crippen LogP contribution in [0.2, 0.25) is 0 Å². The summed E-state index contributed by atoms with van der Waals surface area (Å²) in [6.07, 6.45) is 0.932.